The van der Waals surface area contributed by atoms with Crippen molar-refractivity contribution >= 4 is 39.0 Å². The maximum absolute atomic E-state index is 6.82. The highest BCUT2D eigenvalue weighted by atomic mass is 16.3. The van der Waals surface area contributed by atoms with Gasteiger partial charge in [0.2, 0.25) is 0 Å². The van der Waals surface area contributed by atoms with Gasteiger partial charge in [0, 0.05) is 22.2 Å². The first-order chi connectivity index (χ1) is 27.8. The molecule has 2 nitrogen and oxygen atoms in total. The van der Waals surface area contributed by atoms with Crippen molar-refractivity contribution in [3.63, 3.8) is 0 Å². The van der Waals surface area contributed by atoms with Crippen molar-refractivity contribution in [2.24, 2.45) is 0 Å². The van der Waals surface area contributed by atoms with E-state index in [1.54, 1.807) is 0 Å². The Bertz CT molecular complexity index is 2950. The summed E-state index contributed by atoms with van der Waals surface area (Å²) in [4.78, 5) is 2.44. The number of fused-ring (bicyclic) bond motifs is 3. The fourth-order valence-corrected chi connectivity index (χ4v) is 8.06. The largest absolute Gasteiger partial charge is 0.455 e. The number of benzene rings is 9. The van der Waals surface area contributed by atoms with Gasteiger partial charge in [0.1, 0.15) is 11.2 Å². The van der Waals surface area contributed by atoms with E-state index in [4.69, 9.17) is 4.42 Å². The topological polar surface area (TPSA) is 16.4 Å². The number of para-hydroxylation sites is 1. The summed E-state index contributed by atoms with van der Waals surface area (Å²) in [6.45, 7) is 0. The average Bonchev–Trinajstić information content (AvgIpc) is 3.68. The predicted molar refractivity (Wildman–Crippen MR) is 236 cm³/mol. The standard InChI is InChI=1S/C54H37NO/c1-5-18-38(19-6-1)42-32-34-50(49(37-42)41-24-11-4-12-25-41)55(44-27-17-26-43(36-44)46-29-14-13-28-45(46)39-20-7-2-8-21-39)51-35-33-47(40-22-9-3-10-23-40)54-53(51)48-30-15-16-31-52(48)56-54/h1-37H. The van der Waals surface area contributed by atoms with E-state index in [0.717, 1.165) is 72.4 Å². The van der Waals surface area contributed by atoms with Crippen LogP contribution in [-0.2, 0) is 0 Å². The van der Waals surface area contributed by atoms with Crippen LogP contribution < -0.4 is 4.90 Å². The van der Waals surface area contributed by atoms with E-state index in [0.29, 0.717) is 0 Å². The van der Waals surface area contributed by atoms with Crippen LogP contribution in [0.5, 0.6) is 0 Å². The number of furan rings is 1. The van der Waals surface area contributed by atoms with Crippen molar-refractivity contribution in [3.8, 4) is 55.6 Å². The third-order valence-electron chi connectivity index (χ3n) is 10.7. The van der Waals surface area contributed by atoms with E-state index in [1.807, 2.05) is 6.07 Å². The van der Waals surface area contributed by atoms with E-state index < -0.39 is 0 Å². The van der Waals surface area contributed by atoms with Crippen molar-refractivity contribution in [2.75, 3.05) is 4.90 Å². The SMILES string of the molecule is c1ccc(-c2ccc(N(c3cccc(-c4ccccc4-c4ccccc4)c3)c3ccc(-c4ccccc4)c4oc5ccccc5c34)c(-c3ccccc3)c2)cc1. The average molecular weight is 716 g/mol. The Morgan fingerprint density at radius 2 is 0.821 bits per heavy atom. The van der Waals surface area contributed by atoms with Crippen molar-refractivity contribution in [3.05, 3.63) is 224 Å². The highest BCUT2D eigenvalue weighted by Gasteiger charge is 2.25. The molecule has 0 N–H and O–H groups in total. The van der Waals surface area contributed by atoms with Crippen LogP contribution in [0, 0.1) is 0 Å². The highest BCUT2D eigenvalue weighted by molar-refractivity contribution is 6.17. The molecule has 0 spiro atoms. The molecule has 0 saturated heterocycles. The molecule has 0 aliphatic carbocycles. The molecule has 1 heterocycles. The van der Waals surface area contributed by atoms with Gasteiger partial charge in [-0.3, -0.25) is 0 Å². The van der Waals surface area contributed by atoms with E-state index in [-0.39, 0.29) is 0 Å². The second kappa shape index (κ2) is 14.4. The van der Waals surface area contributed by atoms with E-state index in [2.05, 4.69) is 223 Å². The molecule has 0 atom stereocenters. The molecule has 0 bridgehead atoms. The van der Waals surface area contributed by atoms with Gasteiger partial charge in [-0.2, -0.15) is 0 Å². The molecule has 2 heteroatoms. The van der Waals surface area contributed by atoms with E-state index in [9.17, 15) is 0 Å². The molecular weight excluding hydrogens is 679 g/mol. The van der Waals surface area contributed by atoms with Gasteiger partial charge in [0.15, 0.2) is 0 Å². The number of nitrogens with zero attached hydrogens (tertiary/aromatic N) is 1. The van der Waals surface area contributed by atoms with Gasteiger partial charge >= 0.3 is 0 Å². The molecule has 1 aromatic heterocycles. The molecule has 10 rings (SSSR count). The van der Waals surface area contributed by atoms with Gasteiger partial charge in [-0.15, -0.1) is 0 Å². The third kappa shape index (κ3) is 6.04. The molecule has 264 valence electrons. The van der Waals surface area contributed by atoms with E-state index in [1.165, 1.54) is 22.3 Å². The quantitative estimate of drug-likeness (QED) is 0.156. The van der Waals surface area contributed by atoms with Crippen molar-refractivity contribution in [1.29, 1.82) is 0 Å². The van der Waals surface area contributed by atoms with Crippen LogP contribution in [0.1, 0.15) is 0 Å². The number of rotatable bonds is 8. The lowest BCUT2D eigenvalue weighted by molar-refractivity contribution is 0.670. The summed E-state index contributed by atoms with van der Waals surface area (Å²) in [6, 6.07) is 80.0. The second-order valence-corrected chi connectivity index (χ2v) is 14.1. The van der Waals surface area contributed by atoms with Gasteiger partial charge in [0.05, 0.1) is 16.8 Å². The summed E-state index contributed by atoms with van der Waals surface area (Å²) >= 11 is 0. The molecular formula is C54H37NO. The Labute approximate surface area is 327 Å². The first-order valence-electron chi connectivity index (χ1n) is 19.1. The Kier molecular flexibility index (Phi) is 8.55. The molecule has 0 aliphatic heterocycles. The van der Waals surface area contributed by atoms with E-state index >= 15 is 0 Å². The van der Waals surface area contributed by atoms with Crippen molar-refractivity contribution in [1.82, 2.24) is 0 Å². The minimum atomic E-state index is 0.861. The van der Waals surface area contributed by atoms with Crippen molar-refractivity contribution in [2.45, 2.75) is 0 Å². The van der Waals surface area contributed by atoms with Gasteiger partial charge in [-0.25, -0.2) is 0 Å². The van der Waals surface area contributed by atoms with Crippen LogP contribution in [-0.4, -0.2) is 0 Å². The first-order valence-corrected chi connectivity index (χ1v) is 19.1. The second-order valence-electron chi connectivity index (χ2n) is 14.1. The zero-order chi connectivity index (χ0) is 37.3. The van der Waals surface area contributed by atoms with Crippen molar-refractivity contribution < 1.29 is 4.42 Å². The number of anilines is 3. The van der Waals surface area contributed by atoms with Gasteiger partial charge < -0.3 is 9.32 Å². The molecule has 56 heavy (non-hydrogen) atoms. The van der Waals surface area contributed by atoms with Gasteiger partial charge in [0.25, 0.3) is 0 Å². The Balaban J connectivity index is 1.27. The molecule has 9 aromatic carbocycles. The summed E-state index contributed by atoms with van der Waals surface area (Å²) in [5.74, 6) is 0. The summed E-state index contributed by atoms with van der Waals surface area (Å²) in [5, 5.41) is 2.15. The normalized spacial score (nSPS) is 11.2. The summed E-state index contributed by atoms with van der Waals surface area (Å²) < 4.78 is 6.82. The fraction of sp³-hybridized carbons (Fsp3) is 0. The molecule has 0 amide bonds. The van der Waals surface area contributed by atoms with Gasteiger partial charge in [-0.05, 0) is 87.0 Å². The maximum atomic E-state index is 6.82. The Hall–Kier alpha value is -7.42. The lowest BCUT2D eigenvalue weighted by Crippen LogP contribution is -2.12. The number of hydrogen-bond donors (Lipinski definition) is 0. The monoisotopic (exact) mass is 715 g/mol. The van der Waals surface area contributed by atoms with Crippen LogP contribution in [0.4, 0.5) is 17.1 Å². The fourth-order valence-electron chi connectivity index (χ4n) is 8.06. The summed E-state index contributed by atoms with van der Waals surface area (Å²) in [7, 11) is 0. The molecule has 0 aliphatic rings. The van der Waals surface area contributed by atoms with Crippen LogP contribution >= 0.6 is 0 Å². The lowest BCUT2D eigenvalue weighted by atomic mass is 9.93. The minimum absolute atomic E-state index is 0.861. The minimum Gasteiger partial charge on any atom is -0.455 e. The zero-order valence-corrected chi connectivity index (χ0v) is 30.7. The highest BCUT2D eigenvalue weighted by Crippen LogP contribution is 2.49. The van der Waals surface area contributed by atoms with Crippen LogP contribution in [0.3, 0.4) is 0 Å². The molecule has 0 radical (unpaired) electrons. The van der Waals surface area contributed by atoms with Crippen LogP contribution in [0.2, 0.25) is 0 Å². The molecule has 10 aromatic rings. The van der Waals surface area contributed by atoms with Gasteiger partial charge in [-0.1, -0.05) is 182 Å². The summed E-state index contributed by atoms with van der Waals surface area (Å²) in [5.41, 5.74) is 16.4. The smallest absolute Gasteiger partial charge is 0.145 e. The molecule has 0 saturated carbocycles. The number of hydrogen-bond acceptors (Lipinski definition) is 2. The Morgan fingerprint density at radius 3 is 1.50 bits per heavy atom. The third-order valence-corrected chi connectivity index (χ3v) is 10.7. The molecule has 0 fully saturated rings. The lowest BCUT2D eigenvalue weighted by Gasteiger charge is -2.30. The summed E-state index contributed by atoms with van der Waals surface area (Å²) in [6.07, 6.45) is 0. The van der Waals surface area contributed by atoms with Crippen LogP contribution in [0.25, 0.3) is 77.6 Å². The predicted octanol–water partition coefficient (Wildman–Crippen LogP) is 15.4. The van der Waals surface area contributed by atoms with Crippen LogP contribution in [0.15, 0.2) is 229 Å². The Morgan fingerprint density at radius 1 is 0.304 bits per heavy atom. The maximum Gasteiger partial charge on any atom is 0.145 e. The first kappa shape index (κ1) is 33.2. The molecule has 0 unspecified atom stereocenters. The zero-order valence-electron chi connectivity index (χ0n) is 30.7.